The zero-order valence-electron chi connectivity index (χ0n) is 12.5. The highest BCUT2D eigenvalue weighted by Crippen LogP contribution is 2.33. The van der Waals surface area contributed by atoms with Crippen molar-refractivity contribution in [3.63, 3.8) is 0 Å². The Hall–Kier alpha value is -0.950. The van der Waals surface area contributed by atoms with Crippen LogP contribution in [0, 0.1) is 0 Å². The molecule has 2 N–H and O–H groups in total. The number of carboxylic acids is 1. The first-order valence-corrected chi connectivity index (χ1v) is 8.72. The third kappa shape index (κ3) is 4.53. The summed E-state index contributed by atoms with van der Waals surface area (Å²) in [5, 5.41) is 12.7. The van der Waals surface area contributed by atoms with Gasteiger partial charge in [0.1, 0.15) is 5.54 Å². The molecule has 1 unspecified atom stereocenters. The summed E-state index contributed by atoms with van der Waals surface area (Å²) in [6.07, 6.45) is 0.507. The van der Waals surface area contributed by atoms with E-state index in [1.165, 1.54) is 11.8 Å². The third-order valence-electron chi connectivity index (χ3n) is 3.68. The minimum atomic E-state index is -1.26. The van der Waals surface area contributed by atoms with Gasteiger partial charge in [0, 0.05) is 36.0 Å². The van der Waals surface area contributed by atoms with E-state index in [9.17, 15) is 14.7 Å². The van der Waals surface area contributed by atoms with E-state index in [0.29, 0.717) is 28.2 Å². The molecular weight excluding hydrogens is 361 g/mol. The van der Waals surface area contributed by atoms with E-state index in [-0.39, 0.29) is 18.7 Å². The van der Waals surface area contributed by atoms with Gasteiger partial charge in [-0.25, -0.2) is 4.79 Å². The summed E-state index contributed by atoms with van der Waals surface area (Å²) in [4.78, 5) is 24.7. The molecule has 2 rings (SSSR count). The van der Waals surface area contributed by atoms with Crippen molar-refractivity contribution in [2.24, 2.45) is 0 Å². The fourth-order valence-corrected chi connectivity index (χ4v) is 3.67. The molecular formula is C15H17Cl2NO4S. The Kier molecular flexibility index (Phi) is 6.19. The molecule has 8 heteroatoms. The number of carboxylic acid groups (broad SMARTS) is 1. The van der Waals surface area contributed by atoms with E-state index in [2.05, 4.69) is 5.32 Å². The predicted molar refractivity (Wildman–Crippen MR) is 90.3 cm³/mol. The highest BCUT2D eigenvalue weighted by Gasteiger charge is 2.42. The van der Waals surface area contributed by atoms with Gasteiger partial charge in [0.2, 0.25) is 5.91 Å². The number of nitrogens with one attached hydrogen (secondary N) is 1. The molecule has 1 aliphatic rings. The number of hydrogen-bond donors (Lipinski definition) is 2. The second-order valence-electron chi connectivity index (χ2n) is 5.32. The van der Waals surface area contributed by atoms with Crippen LogP contribution in [-0.2, 0) is 14.3 Å². The van der Waals surface area contributed by atoms with Gasteiger partial charge in [-0.1, -0.05) is 23.2 Å². The largest absolute Gasteiger partial charge is 0.480 e. The van der Waals surface area contributed by atoms with Gasteiger partial charge in [-0.3, -0.25) is 4.79 Å². The molecule has 0 saturated carbocycles. The average Bonchev–Trinajstić information content (AvgIpc) is 2.51. The standard InChI is InChI=1S/C15H17Cl2NO4S/c1-9(23-12-8-10(16)2-3-11(12)17)13(19)18-15(14(20)21)4-6-22-7-5-15/h2-3,8-9H,4-7H2,1H3,(H,18,19)(H,20,21). The summed E-state index contributed by atoms with van der Waals surface area (Å²) in [6, 6.07) is 5.01. The van der Waals surface area contributed by atoms with Crippen LogP contribution in [0.3, 0.4) is 0 Å². The number of hydrogen-bond acceptors (Lipinski definition) is 4. The van der Waals surface area contributed by atoms with E-state index >= 15 is 0 Å². The third-order valence-corrected chi connectivity index (χ3v) is 5.52. The normalized spacial score (nSPS) is 18.2. The van der Waals surface area contributed by atoms with Gasteiger partial charge in [-0.05, 0) is 25.1 Å². The number of ether oxygens (including phenoxy) is 1. The maximum absolute atomic E-state index is 12.4. The molecule has 1 aromatic rings. The van der Waals surface area contributed by atoms with E-state index < -0.39 is 16.8 Å². The van der Waals surface area contributed by atoms with Crippen LogP contribution in [0.5, 0.6) is 0 Å². The van der Waals surface area contributed by atoms with Crippen molar-refractivity contribution < 1.29 is 19.4 Å². The van der Waals surface area contributed by atoms with Crippen molar-refractivity contribution in [1.82, 2.24) is 5.32 Å². The zero-order chi connectivity index (χ0) is 17.0. The van der Waals surface area contributed by atoms with Crippen LogP contribution >= 0.6 is 35.0 Å². The van der Waals surface area contributed by atoms with Crippen molar-refractivity contribution in [2.45, 2.75) is 35.4 Å². The lowest BCUT2D eigenvalue weighted by Crippen LogP contribution is -2.58. The van der Waals surface area contributed by atoms with Gasteiger partial charge in [0.05, 0.1) is 10.3 Å². The highest BCUT2D eigenvalue weighted by molar-refractivity contribution is 8.00. The van der Waals surface area contributed by atoms with Crippen LogP contribution in [-0.4, -0.2) is 41.0 Å². The van der Waals surface area contributed by atoms with E-state index in [1.807, 2.05) is 0 Å². The van der Waals surface area contributed by atoms with Crippen molar-refractivity contribution in [3.8, 4) is 0 Å². The molecule has 0 radical (unpaired) electrons. The molecule has 1 atom stereocenters. The molecule has 1 amide bonds. The number of amides is 1. The van der Waals surface area contributed by atoms with Gasteiger partial charge in [0.15, 0.2) is 0 Å². The zero-order valence-corrected chi connectivity index (χ0v) is 14.8. The number of halogens is 2. The molecule has 0 spiro atoms. The van der Waals surface area contributed by atoms with Crippen LogP contribution in [0.4, 0.5) is 0 Å². The average molecular weight is 378 g/mol. The number of carbonyl (C=O) groups is 2. The maximum Gasteiger partial charge on any atom is 0.329 e. The van der Waals surface area contributed by atoms with Crippen LogP contribution in [0.15, 0.2) is 23.1 Å². The summed E-state index contributed by atoms with van der Waals surface area (Å²) in [5.41, 5.74) is -1.26. The van der Waals surface area contributed by atoms with E-state index in [1.54, 1.807) is 25.1 Å². The van der Waals surface area contributed by atoms with Crippen LogP contribution in [0.1, 0.15) is 19.8 Å². The second-order valence-corrected chi connectivity index (χ2v) is 7.55. The highest BCUT2D eigenvalue weighted by atomic mass is 35.5. The Labute approximate surface area is 148 Å². The topological polar surface area (TPSA) is 75.6 Å². The molecule has 126 valence electrons. The first-order valence-electron chi connectivity index (χ1n) is 7.09. The fraction of sp³-hybridized carbons (Fsp3) is 0.467. The van der Waals surface area contributed by atoms with E-state index in [0.717, 1.165) is 0 Å². The maximum atomic E-state index is 12.4. The molecule has 1 aromatic carbocycles. The van der Waals surface area contributed by atoms with Gasteiger partial charge >= 0.3 is 5.97 Å². The fourth-order valence-electron chi connectivity index (χ4n) is 2.26. The Morgan fingerprint density at radius 1 is 1.35 bits per heavy atom. The molecule has 5 nitrogen and oxygen atoms in total. The van der Waals surface area contributed by atoms with Gasteiger partial charge < -0.3 is 15.2 Å². The molecule has 1 fully saturated rings. The number of benzene rings is 1. The number of rotatable bonds is 5. The second kappa shape index (κ2) is 7.75. The molecule has 0 bridgehead atoms. The molecule has 0 aromatic heterocycles. The molecule has 1 aliphatic heterocycles. The first kappa shape index (κ1) is 18.4. The quantitative estimate of drug-likeness (QED) is 0.770. The first-order chi connectivity index (χ1) is 10.8. The molecule has 23 heavy (non-hydrogen) atoms. The van der Waals surface area contributed by atoms with Gasteiger partial charge in [-0.2, -0.15) is 0 Å². The van der Waals surface area contributed by atoms with Crippen molar-refractivity contribution in [1.29, 1.82) is 0 Å². The lowest BCUT2D eigenvalue weighted by atomic mass is 9.90. The van der Waals surface area contributed by atoms with E-state index in [4.69, 9.17) is 27.9 Å². The summed E-state index contributed by atoms with van der Waals surface area (Å²) >= 11 is 13.3. The Morgan fingerprint density at radius 2 is 2.00 bits per heavy atom. The van der Waals surface area contributed by atoms with Crippen LogP contribution in [0.2, 0.25) is 10.0 Å². The summed E-state index contributed by atoms with van der Waals surface area (Å²) in [5.74, 6) is -1.39. The lowest BCUT2D eigenvalue weighted by Gasteiger charge is -2.34. The van der Waals surface area contributed by atoms with Crippen LogP contribution in [0.25, 0.3) is 0 Å². The Morgan fingerprint density at radius 3 is 2.61 bits per heavy atom. The predicted octanol–water partition coefficient (Wildman–Crippen LogP) is 3.22. The van der Waals surface area contributed by atoms with Gasteiger partial charge in [-0.15, -0.1) is 11.8 Å². The molecule has 1 heterocycles. The molecule has 0 aliphatic carbocycles. The minimum Gasteiger partial charge on any atom is -0.480 e. The Balaban J connectivity index is 2.07. The number of thioether (sulfide) groups is 1. The number of aliphatic carboxylic acids is 1. The molecule has 1 saturated heterocycles. The van der Waals surface area contributed by atoms with Crippen LogP contribution < -0.4 is 5.32 Å². The Bertz CT molecular complexity index is 605. The summed E-state index contributed by atoms with van der Waals surface area (Å²) in [7, 11) is 0. The smallest absolute Gasteiger partial charge is 0.329 e. The SMILES string of the molecule is CC(Sc1cc(Cl)ccc1Cl)C(=O)NC1(C(=O)O)CCOCC1. The monoisotopic (exact) mass is 377 g/mol. The lowest BCUT2D eigenvalue weighted by molar-refractivity contribution is -0.152. The van der Waals surface area contributed by atoms with Crippen molar-refractivity contribution in [2.75, 3.05) is 13.2 Å². The summed E-state index contributed by atoms with van der Waals surface area (Å²) in [6.45, 7) is 2.33. The number of carbonyl (C=O) groups excluding carboxylic acids is 1. The van der Waals surface area contributed by atoms with Gasteiger partial charge in [0.25, 0.3) is 0 Å². The van der Waals surface area contributed by atoms with Crippen molar-refractivity contribution in [3.05, 3.63) is 28.2 Å². The summed E-state index contributed by atoms with van der Waals surface area (Å²) < 4.78 is 5.19. The minimum absolute atomic E-state index is 0.253. The van der Waals surface area contributed by atoms with Crippen molar-refractivity contribution >= 4 is 46.8 Å².